The van der Waals surface area contributed by atoms with Crippen LogP contribution in [-0.4, -0.2) is 18.4 Å². The van der Waals surface area contributed by atoms with Crippen molar-refractivity contribution in [3.8, 4) is 8.17 Å². The minimum atomic E-state index is -2.78. The number of rotatable bonds is 2. The summed E-state index contributed by atoms with van der Waals surface area (Å²) >= 11 is -2.78. The van der Waals surface area contributed by atoms with Gasteiger partial charge in [-0.25, -0.2) is 0 Å². The van der Waals surface area contributed by atoms with Gasteiger partial charge in [-0.15, -0.1) is 0 Å². The molecule has 0 rings (SSSR count). The van der Waals surface area contributed by atoms with Gasteiger partial charge in [0.2, 0.25) is 0 Å². The van der Waals surface area contributed by atoms with Crippen LogP contribution in [0.25, 0.3) is 0 Å². The number of nitriles is 2. The molecule has 0 aromatic rings. The summed E-state index contributed by atoms with van der Waals surface area (Å²) < 4.78 is 6.09. The third-order valence-electron chi connectivity index (χ3n) is 1.64. The van der Waals surface area contributed by atoms with Crippen LogP contribution in [0, 0.1) is 18.7 Å². The molecule has 9 heavy (non-hydrogen) atoms. The first-order chi connectivity index (χ1) is 4.24. The second-order valence-corrected chi connectivity index (χ2v) is 13.5. The van der Waals surface area contributed by atoms with Gasteiger partial charge in [0, 0.05) is 0 Å². The van der Waals surface area contributed by atoms with Gasteiger partial charge in [-0.3, -0.25) is 0 Å². The van der Waals surface area contributed by atoms with Crippen molar-refractivity contribution in [3.05, 3.63) is 0 Å². The molecule has 0 aliphatic carbocycles. The first-order valence-electron chi connectivity index (χ1n) is 3.07. The molecular formula is C6H10N2Sn. The molecule has 0 saturated carbocycles. The molecule has 3 heteroatoms. The molecule has 0 atom stereocenters. The van der Waals surface area contributed by atoms with E-state index in [1.807, 2.05) is 13.8 Å². The van der Waals surface area contributed by atoms with E-state index < -0.39 is 18.4 Å². The Morgan fingerprint density at radius 3 is 1.44 bits per heavy atom. The van der Waals surface area contributed by atoms with Gasteiger partial charge < -0.3 is 0 Å². The molecule has 0 saturated heterocycles. The first kappa shape index (κ1) is 8.78. The number of nitrogens with zero attached hydrogens (tertiary/aromatic N) is 2. The van der Waals surface area contributed by atoms with Gasteiger partial charge >= 0.3 is 59.8 Å². The van der Waals surface area contributed by atoms with Gasteiger partial charge in [-0.2, -0.15) is 0 Å². The van der Waals surface area contributed by atoms with Crippen LogP contribution in [-0.2, 0) is 0 Å². The maximum atomic E-state index is 8.60. The molecule has 0 unspecified atom stereocenters. The zero-order valence-electron chi connectivity index (χ0n) is 5.81. The third kappa shape index (κ3) is 1.87. The maximum absolute atomic E-state index is 8.60. The quantitative estimate of drug-likeness (QED) is 0.675. The molecule has 0 bridgehead atoms. The molecular weight excluding hydrogens is 219 g/mol. The Bertz CT molecular complexity index is 143. The van der Waals surface area contributed by atoms with Crippen LogP contribution in [0.15, 0.2) is 0 Å². The van der Waals surface area contributed by atoms with Gasteiger partial charge in [0.15, 0.2) is 0 Å². The summed E-state index contributed by atoms with van der Waals surface area (Å²) in [6.45, 7) is 3.90. The fraction of sp³-hybridized carbons (Fsp3) is 0.667. The minimum absolute atomic E-state index is 0.832. The molecule has 0 heterocycles. The zero-order valence-corrected chi connectivity index (χ0v) is 8.66. The Morgan fingerprint density at radius 1 is 1.11 bits per heavy atom. The predicted molar refractivity (Wildman–Crippen MR) is 37.9 cm³/mol. The standard InChI is InChI=1S/2C2H5.2CN.Sn/c4*1-2;/h2*1H2,2H3;;;. The van der Waals surface area contributed by atoms with Gasteiger partial charge in [0.25, 0.3) is 0 Å². The van der Waals surface area contributed by atoms with E-state index in [1.54, 1.807) is 0 Å². The van der Waals surface area contributed by atoms with Crippen molar-refractivity contribution in [2.75, 3.05) is 0 Å². The van der Waals surface area contributed by atoms with E-state index in [9.17, 15) is 0 Å². The Morgan fingerprint density at radius 2 is 1.44 bits per heavy atom. The normalized spacial score (nSPS) is 9.78. The van der Waals surface area contributed by atoms with Crippen LogP contribution in [0.4, 0.5) is 0 Å². The van der Waals surface area contributed by atoms with Gasteiger partial charge in [0.1, 0.15) is 0 Å². The average Bonchev–Trinajstić information content (AvgIpc) is 1.95. The average molecular weight is 229 g/mol. The van der Waals surface area contributed by atoms with Crippen LogP contribution in [0.1, 0.15) is 13.8 Å². The van der Waals surface area contributed by atoms with Crippen molar-refractivity contribution in [1.29, 1.82) is 10.5 Å². The molecule has 0 aromatic heterocycles. The number of hydrogen-bond acceptors (Lipinski definition) is 2. The summed E-state index contributed by atoms with van der Waals surface area (Å²) in [6, 6.07) is 0. The zero-order chi connectivity index (χ0) is 7.33. The summed E-state index contributed by atoms with van der Waals surface area (Å²) in [5, 5.41) is 17.2. The molecule has 48 valence electrons. The summed E-state index contributed by atoms with van der Waals surface area (Å²) in [4.78, 5) is 0. The predicted octanol–water partition coefficient (Wildman–Crippen LogP) is 1.60. The first-order valence-corrected chi connectivity index (χ1v) is 9.96. The molecule has 0 aromatic carbocycles. The molecule has 0 aliphatic rings. The van der Waals surface area contributed by atoms with E-state index in [0.29, 0.717) is 0 Å². The molecule has 0 radical (unpaired) electrons. The summed E-state index contributed by atoms with van der Waals surface area (Å²) in [6.07, 6.45) is 0. The molecule has 0 fully saturated rings. The Labute approximate surface area is 60.0 Å². The van der Waals surface area contributed by atoms with Crippen molar-refractivity contribution in [2.24, 2.45) is 0 Å². The van der Waals surface area contributed by atoms with Crippen molar-refractivity contribution in [3.63, 3.8) is 0 Å². The Balaban J connectivity index is 4.28. The summed E-state index contributed by atoms with van der Waals surface area (Å²) in [5.41, 5.74) is 0. The second kappa shape index (κ2) is 3.74. The Hall–Kier alpha value is -0.221. The van der Waals surface area contributed by atoms with Crippen LogP contribution in [0.2, 0.25) is 8.87 Å². The van der Waals surface area contributed by atoms with Crippen molar-refractivity contribution in [2.45, 2.75) is 22.7 Å². The van der Waals surface area contributed by atoms with E-state index in [2.05, 4.69) is 8.17 Å². The van der Waals surface area contributed by atoms with Crippen molar-refractivity contribution >= 4 is 18.4 Å². The van der Waals surface area contributed by atoms with Gasteiger partial charge in [-0.1, -0.05) is 0 Å². The summed E-state index contributed by atoms with van der Waals surface area (Å²) in [5.74, 6) is 0. The van der Waals surface area contributed by atoms with E-state index in [-0.39, 0.29) is 0 Å². The van der Waals surface area contributed by atoms with E-state index in [0.717, 1.165) is 8.87 Å². The van der Waals surface area contributed by atoms with Crippen molar-refractivity contribution < 1.29 is 0 Å². The Kier molecular flexibility index (Phi) is 3.65. The molecule has 0 amide bonds. The monoisotopic (exact) mass is 230 g/mol. The fourth-order valence-corrected chi connectivity index (χ4v) is 3.97. The van der Waals surface area contributed by atoms with E-state index >= 15 is 0 Å². The fourth-order valence-electron chi connectivity index (χ4n) is 0.591. The second-order valence-electron chi connectivity index (χ2n) is 2.01. The molecule has 0 aliphatic heterocycles. The summed E-state index contributed by atoms with van der Waals surface area (Å²) in [7, 11) is 0. The van der Waals surface area contributed by atoms with Gasteiger partial charge in [0.05, 0.1) is 0 Å². The van der Waals surface area contributed by atoms with Crippen LogP contribution in [0.3, 0.4) is 0 Å². The van der Waals surface area contributed by atoms with Crippen LogP contribution < -0.4 is 0 Å². The van der Waals surface area contributed by atoms with E-state index in [4.69, 9.17) is 10.5 Å². The number of hydrogen-bond donors (Lipinski definition) is 0. The third-order valence-corrected chi connectivity index (χ3v) is 11.0. The molecule has 0 spiro atoms. The SMILES string of the molecule is C[CH2][Sn]([C]#N)([C]#N)[CH2]C. The van der Waals surface area contributed by atoms with Crippen molar-refractivity contribution in [1.82, 2.24) is 0 Å². The molecule has 0 N–H and O–H groups in total. The molecule has 2 nitrogen and oxygen atoms in total. The van der Waals surface area contributed by atoms with Crippen LogP contribution in [0.5, 0.6) is 0 Å². The topological polar surface area (TPSA) is 47.6 Å². The van der Waals surface area contributed by atoms with Crippen LogP contribution >= 0.6 is 0 Å². The van der Waals surface area contributed by atoms with E-state index in [1.165, 1.54) is 0 Å². The van der Waals surface area contributed by atoms with Gasteiger partial charge in [-0.05, 0) is 0 Å².